The van der Waals surface area contributed by atoms with Crippen molar-refractivity contribution in [3.05, 3.63) is 59.7 Å². The van der Waals surface area contributed by atoms with Gasteiger partial charge in [-0.25, -0.2) is 13.2 Å². The molecule has 0 bridgehead atoms. The Balaban J connectivity index is 1.86. The molecule has 1 N–H and O–H groups in total. The van der Waals surface area contributed by atoms with E-state index < -0.39 is 21.9 Å². The van der Waals surface area contributed by atoms with E-state index in [1.165, 1.54) is 41.9 Å². The van der Waals surface area contributed by atoms with Crippen LogP contribution in [0.4, 0.5) is 5.69 Å². The molecule has 0 saturated carbocycles. The lowest BCUT2D eigenvalue weighted by molar-refractivity contribution is -0.120. The molecule has 2 aromatic carbocycles. The van der Waals surface area contributed by atoms with Gasteiger partial charge in [-0.3, -0.25) is 4.79 Å². The Morgan fingerprint density at radius 3 is 2.19 bits per heavy atom. The maximum atomic E-state index is 12.5. The third-order valence-corrected chi connectivity index (χ3v) is 6.35. The molecule has 10 heteroatoms. The predicted molar refractivity (Wildman–Crippen MR) is 117 cm³/mol. The lowest BCUT2D eigenvalue weighted by Gasteiger charge is -2.18. The number of nitrogens with one attached hydrogen (secondary N) is 1. The van der Waals surface area contributed by atoms with E-state index in [9.17, 15) is 18.0 Å². The minimum Gasteiger partial charge on any atom is -0.465 e. The molecule has 0 fully saturated rings. The van der Waals surface area contributed by atoms with Crippen LogP contribution in [0, 0.1) is 0 Å². The summed E-state index contributed by atoms with van der Waals surface area (Å²) in [5.41, 5.74) is 1.53. The molecule has 0 atom stereocenters. The molecular weight excluding hydrogens is 422 g/mol. The average Bonchev–Trinajstić information content (AvgIpc) is 2.77. The van der Waals surface area contributed by atoms with E-state index in [0.29, 0.717) is 29.9 Å². The first-order valence-electron chi connectivity index (χ1n) is 9.55. The van der Waals surface area contributed by atoms with Crippen LogP contribution >= 0.6 is 0 Å². The SMILES string of the molecule is CCN(CC)S(=O)(=O)c1ccc(NC(=O)CO/N=C/c2ccc(C(=O)OC)cc2)cc1. The van der Waals surface area contributed by atoms with Gasteiger partial charge in [-0.1, -0.05) is 31.1 Å². The van der Waals surface area contributed by atoms with Crippen LogP contribution in [0.1, 0.15) is 29.8 Å². The number of ether oxygens (including phenoxy) is 1. The van der Waals surface area contributed by atoms with Crippen molar-refractivity contribution in [1.82, 2.24) is 4.31 Å². The van der Waals surface area contributed by atoms with Crippen molar-refractivity contribution in [2.24, 2.45) is 5.16 Å². The minimum absolute atomic E-state index is 0.160. The maximum absolute atomic E-state index is 12.5. The normalized spacial score (nSPS) is 11.5. The van der Waals surface area contributed by atoms with E-state index in [1.807, 2.05) is 0 Å². The van der Waals surface area contributed by atoms with Crippen molar-refractivity contribution >= 4 is 33.8 Å². The zero-order chi connectivity index (χ0) is 22.9. The predicted octanol–water partition coefficient (Wildman–Crippen LogP) is 2.49. The molecule has 0 aliphatic carbocycles. The number of carbonyl (C=O) groups excluding carboxylic acids is 2. The topological polar surface area (TPSA) is 114 Å². The lowest BCUT2D eigenvalue weighted by Crippen LogP contribution is -2.30. The van der Waals surface area contributed by atoms with Gasteiger partial charge in [-0.05, 0) is 42.0 Å². The Morgan fingerprint density at radius 2 is 1.65 bits per heavy atom. The number of amides is 1. The average molecular weight is 448 g/mol. The molecule has 0 spiro atoms. The fourth-order valence-electron chi connectivity index (χ4n) is 2.64. The second-order valence-electron chi connectivity index (χ2n) is 6.28. The van der Waals surface area contributed by atoms with Gasteiger partial charge >= 0.3 is 5.97 Å². The number of oxime groups is 1. The van der Waals surface area contributed by atoms with Gasteiger partial charge in [0.1, 0.15) is 0 Å². The number of sulfonamides is 1. The number of carbonyl (C=O) groups is 2. The lowest BCUT2D eigenvalue weighted by atomic mass is 10.1. The summed E-state index contributed by atoms with van der Waals surface area (Å²) in [5.74, 6) is -0.882. The van der Waals surface area contributed by atoms with E-state index in [0.717, 1.165) is 0 Å². The van der Waals surface area contributed by atoms with Crippen molar-refractivity contribution in [3.63, 3.8) is 0 Å². The molecule has 0 aromatic heterocycles. The number of anilines is 1. The Morgan fingerprint density at radius 1 is 1.03 bits per heavy atom. The summed E-state index contributed by atoms with van der Waals surface area (Å²) in [6.07, 6.45) is 1.40. The van der Waals surface area contributed by atoms with Gasteiger partial charge in [0.15, 0.2) is 6.61 Å². The van der Waals surface area contributed by atoms with Crippen molar-refractivity contribution < 1.29 is 27.6 Å². The molecule has 0 aliphatic rings. The van der Waals surface area contributed by atoms with Gasteiger partial charge < -0.3 is 14.9 Å². The zero-order valence-electron chi connectivity index (χ0n) is 17.6. The molecule has 0 aliphatic heterocycles. The Hall–Kier alpha value is -3.24. The van der Waals surface area contributed by atoms with Crippen LogP contribution in [0.3, 0.4) is 0 Å². The highest BCUT2D eigenvalue weighted by Gasteiger charge is 2.21. The largest absolute Gasteiger partial charge is 0.465 e. The minimum atomic E-state index is -3.55. The second kappa shape index (κ2) is 11.2. The number of esters is 1. The first-order chi connectivity index (χ1) is 14.8. The van der Waals surface area contributed by atoms with Gasteiger partial charge in [0.2, 0.25) is 10.0 Å². The number of nitrogens with zero attached hydrogens (tertiary/aromatic N) is 2. The molecule has 0 heterocycles. The molecule has 1 amide bonds. The molecule has 0 radical (unpaired) electrons. The smallest absolute Gasteiger partial charge is 0.337 e. The molecule has 31 heavy (non-hydrogen) atoms. The summed E-state index contributed by atoms with van der Waals surface area (Å²) in [4.78, 5) is 28.5. The zero-order valence-corrected chi connectivity index (χ0v) is 18.4. The van der Waals surface area contributed by atoms with Crippen molar-refractivity contribution in [2.75, 3.05) is 32.1 Å². The molecule has 166 valence electrons. The van der Waals surface area contributed by atoms with Gasteiger partial charge in [-0.15, -0.1) is 0 Å². The monoisotopic (exact) mass is 447 g/mol. The molecule has 2 rings (SSSR count). The van der Waals surface area contributed by atoms with Gasteiger partial charge in [0.25, 0.3) is 5.91 Å². The van der Waals surface area contributed by atoms with Gasteiger partial charge in [0.05, 0.1) is 23.8 Å². The fraction of sp³-hybridized carbons (Fsp3) is 0.286. The van der Waals surface area contributed by atoms with Gasteiger partial charge in [0, 0.05) is 18.8 Å². The van der Waals surface area contributed by atoms with E-state index in [2.05, 4.69) is 15.2 Å². The Bertz CT molecular complexity index is 1010. The van der Waals surface area contributed by atoms with E-state index >= 15 is 0 Å². The van der Waals surface area contributed by atoms with Crippen LogP contribution in [0.15, 0.2) is 58.6 Å². The van der Waals surface area contributed by atoms with Crippen LogP contribution < -0.4 is 5.32 Å². The Labute approximate surface area is 181 Å². The highest BCUT2D eigenvalue weighted by Crippen LogP contribution is 2.18. The first-order valence-corrected chi connectivity index (χ1v) is 11.0. The summed E-state index contributed by atoms with van der Waals surface area (Å²) in [5, 5.41) is 6.32. The van der Waals surface area contributed by atoms with Crippen LogP contribution in [0.25, 0.3) is 0 Å². The second-order valence-corrected chi connectivity index (χ2v) is 8.22. The van der Waals surface area contributed by atoms with E-state index in [-0.39, 0.29) is 11.5 Å². The summed E-state index contributed by atoms with van der Waals surface area (Å²) in [6, 6.07) is 12.4. The maximum Gasteiger partial charge on any atom is 0.337 e. The number of hydrogen-bond acceptors (Lipinski definition) is 7. The number of methoxy groups -OCH3 is 1. The van der Waals surface area contributed by atoms with Crippen LogP contribution in [0.2, 0.25) is 0 Å². The van der Waals surface area contributed by atoms with Crippen molar-refractivity contribution in [2.45, 2.75) is 18.7 Å². The molecule has 9 nitrogen and oxygen atoms in total. The van der Waals surface area contributed by atoms with Crippen LogP contribution in [-0.2, 0) is 24.4 Å². The van der Waals surface area contributed by atoms with Crippen molar-refractivity contribution in [1.29, 1.82) is 0 Å². The number of rotatable bonds is 10. The quantitative estimate of drug-likeness (QED) is 0.340. The van der Waals surface area contributed by atoms with Crippen LogP contribution in [-0.4, -0.2) is 57.6 Å². The first kappa shape index (κ1) is 24.0. The van der Waals surface area contributed by atoms with E-state index in [4.69, 9.17) is 4.84 Å². The highest BCUT2D eigenvalue weighted by atomic mass is 32.2. The summed E-state index contributed by atoms with van der Waals surface area (Å²) in [6.45, 7) is 3.98. The fourth-order valence-corrected chi connectivity index (χ4v) is 4.10. The van der Waals surface area contributed by atoms with Crippen molar-refractivity contribution in [3.8, 4) is 0 Å². The number of hydrogen-bond donors (Lipinski definition) is 1. The molecular formula is C21H25N3O6S. The van der Waals surface area contributed by atoms with E-state index in [1.54, 1.807) is 38.1 Å². The summed E-state index contributed by atoms with van der Waals surface area (Å²) >= 11 is 0. The summed E-state index contributed by atoms with van der Waals surface area (Å²) in [7, 11) is -2.24. The molecule has 0 unspecified atom stereocenters. The number of benzene rings is 2. The third-order valence-electron chi connectivity index (χ3n) is 4.28. The van der Waals surface area contributed by atoms with Gasteiger partial charge in [-0.2, -0.15) is 4.31 Å². The Kier molecular flexibility index (Phi) is 8.71. The third kappa shape index (κ3) is 6.63. The standard InChI is InChI=1S/C21H25N3O6S/c1-4-24(5-2)31(27,28)19-12-10-18(11-13-19)23-20(25)15-30-22-14-16-6-8-17(9-7-16)21(26)29-3/h6-14H,4-5,15H2,1-3H3,(H,23,25)/b22-14+. The van der Waals surface area contributed by atoms with Crippen LogP contribution in [0.5, 0.6) is 0 Å². The molecule has 0 saturated heterocycles. The molecule has 2 aromatic rings. The summed E-state index contributed by atoms with van der Waals surface area (Å²) < 4.78 is 30.9. The highest BCUT2D eigenvalue weighted by molar-refractivity contribution is 7.89.